The number of hydrogen-bond acceptors (Lipinski definition) is 13. The normalized spacial score (nSPS) is 21.4. The molecule has 0 radical (unpaired) electrons. The summed E-state index contributed by atoms with van der Waals surface area (Å²) in [5.74, 6) is 3.25. The number of cyclic esters (lactones) is 1. The first-order valence-electron chi connectivity index (χ1n) is 24.2. The first-order chi connectivity index (χ1) is 33.6. The van der Waals surface area contributed by atoms with Crippen LogP contribution in [0.5, 0.6) is 5.75 Å². The van der Waals surface area contributed by atoms with Crippen molar-refractivity contribution in [2.75, 3.05) is 73.2 Å². The number of methoxy groups -OCH3 is 1. The van der Waals surface area contributed by atoms with Crippen LogP contribution < -0.4 is 10.7 Å². The quantitative estimate of drug-likeness (QED) is 0.163. The number of pyridine rings is 1. The van der Waals surface area contributed by atoms with Crippen molar-refractivity contribution in [3.05, 3.63) is 66.0 Å². The van der Waals surface area contributed by atoms with Gasteiger partial charge in [-0.1, -0.05) is 45.7 Å². The van der Waals surface area contributed by atoms with Crippen LogP contribution in [0.1, 0.15) is 58.2 Å². The number of rotatable bonds is 9. The number of likely N-dealkylation sites (N-methyl/N-ethyl adjacent to an activating group) is 1. The number of carbonyl (C=O) groups is 5. The number of benzene rings is 2. The van der Waals surface area contributed by atoms with Crippen LogP contribution in [-0.4, -0.2) is 160 Å². The van der Waals surface area contributed by atoms with Crippen LogP contribution in [0, 0.1) is 29.1 Å². The average molecular weight is 960 g/mol. The first kappa shape index (κ1) is 50.0. The number of nitrogens with zero attached hydrogens (tertiary/aromatic N) is 7. The molecule has 4 atom stereocenters. The second-order valence-electron chi connectivity index (χ2n) is 20.0. The van der Waals surface area contributed by atoms with Gasteiger partial charge in [0.2, 0.25) is 11.8 Å². The molecule has 0 aliphatic carbocycles. The molecule has 2 aromatic heterocycles. The summed E-state index contributed by atoms with van der Waals surface area (Å²) in [6.45, 7) is 12.5. The summed E-state index contributed by atoms with van der Waals surface area (Å²) < 4.78 is 19.0. The molecular weight excluding hydrogens is 895 g/mol. The zero-order valence-electron chi connectivity index (χ0n) is 41.0. The van der Waals surface area contributed by atoms with E-state index < -0.39 is 47.2 Å². The lowest BCUT2D eigenvalue weighted by Gasteiger charge is -2.37. The van der Waals surface area contributed by atoms with Gasteiger partial charge in [0.15, 0.2) is 0 Å². The van der Waals surface area contributed by atoms with Crippen molar-refractivity contribution in [3.63, 3.8) is 0 Å². The summed E-state index contributed by atoms with van der Waals surface area (Å²) in [6.07, 6.45) is 3.02. The number of phenolic OH excluding ortho intramolecular Hbond substituents is 1. The van der Waals surface area contributed by atoms with E-state index >= 15 is 0 Å². The highest BCUT2D eigenvalue weighted by Crippen LogP contribution is 2.35. The van der Waals surface area contributed by atoms with E-state index in [4.69, 9.17) is 19.2 Å². The number of fused-ring (bicyclic) bond motifs is 6. The highest BCUT2D eigenvalue weighted by atomic mass is 16.5. The number of hydrogen-bond donors (Lipinski definition) is 3. The number of esters is 1. The van der Waals surface area contributed by atoms with E-state index in [2.05, 4.69) is 37.0 Å². The Labute approximate surface area is 409 Å². The number of carbonyl (C=O) groups excluding carboxylic acids is 5. The second kappa shape index (κ2) is 21.7. The van der Waals surface area contributed by atoms with Crippen LogP contribution in [0.4, 0.5) is 0 Å². The molecule has 6 heterocycles. The summed E-state index contributed by atoms with van der Waals surface area (Å²) in [4.78, 5) is 85.3. The van der Waals surface area contributed by atoms with Crippen molar-refractivity contribution in [3.8, 4) is 40.1 Å². The number of nitrogens with one attached hydrogen (secondary N) is 2. The van der Waals surface area contributed by atoms with Crippen LogP contribution in [0.2, 0.25) is 0 Å². The molecule has 3 saturated heterocycles. The number of amides is 4. The number of likely N-dealkylation sites (tertiary alicyclic amines) is 1. The van der Waals surface area contributed by atoms with Gasteiger partial charge in [0.25, 0.3) is 11.8 Å². The monoisotopic (exact) mass is 959 g/mol. The molecule has 70 heavy (non-hydrogen) atoms. The summed E-state index contributed by atoms with van der Waals surface area (Å²) in [7, 11) is 3.20. The van der Waals surface area contributed by atoms with Crippen molar-refractivity contribution in [2.45, 2.75) is 84.7 Å². The van der Waals surface area contributed by atoms with Crippen LogP contribution >= 0.6 is 0 Å². The number of phenols is 1. The van der Waals surface area contributed by atoms with Gasteiger partial charge in [-0.3, -0.25) is 38.9 Å². The molecule has 0 saturated carbocycles. The minimum atomic E-state index is -1.19. The highest BCUT2D eigenvalue weighted by Gasteiger charge is 2.40. The average Bonchev–Trinajstić information content (AvgIpc) is 3.98. The number of morpholine rings is 1. The lowest BCUT2D eigenvalue weighted by molar-refractivity contribution is -0.155. The van der Waals surface area contributed by atoms with Gasteiger partial charge in [-0.05, 0) is 84.2 Å². The van der Waals surface area contributed by atoms with Gasteiger partial charge >= 0.3 is 5.97 Å². The smallest absolute Gasteiger partial charge is 0.324 e. The summed E-state index contributed by atoms with van der Waals surface area (Å²) in [6, 6.07) is 11.8. The Morgan fingerprint density at radius 1 is 1.04 bits per heavy atom. The van der Waals surface area contributed by atoms with Crippen LogP contribution in [0.15, 0.2) is 54.7 Å². The van der Waals surface area contributed by atoms with Gasteiger partial charge in [-0.25, -0.2) is 10.4 Å². The molecule has 3 fully saturated rings. The van der Waals surface area contributed by atoms with E-state index in [1.165, 1.54) is 9.91 Å². The van der Waals surface area contributed by atoms with Crippen LogP contribution in [0.3, 0.4) is 0 Å². The molecule has 4 aliphatic rings. The molecule has 3 N–H and O–H groups in total. The third-order valence-electron chi connectivity index (χ3n) is 13.5. The van der Waals surface area contributed by atoms with E-state index in [0.717, 1.165) is 40.9 Å². The predicted octanol–water partition coefficient (Wildman–Crippen LogP) is 3.39. The topological polar surface area (TPSA) is 201 Å². The Balaban J connectivity index is 1.08. The molecule has 1 unspecified atom stereocenters. The molecule has 8 rings (SSSR count). The molecule has 6 bridgehead atoms. The van der Waals surface area contributed by atoms with E-state index in [0.29, 0.717) is 69.1 Å². The minimum absolute atomic E-state index is 0.0319. The lowest BCUT2D eigenvalue weighted by Crippen LogP contribution is -2.62. The van der Waals surface area contributed by atoms with E-state index in [1.54, 1.807) is 37.4 Å². The number of hydrazine groups is 1. The number of aromatic nitrogens is 3. The van der Waals surface area contributed by atoms with Gasteiger partial charge in [0, 0.05) is 77.0 Å². The fourth-order valence-electron chi connectivity index (χ4n) is 9.92. The Bertz CT molecular complexity index is 2670. The largest absolute Gasteiger partial charge is 0.508 e. The van der Waals surface area contributed by atoms with Crippen LogP contribution in [0.25, 0.3) is 33.5 Å². The van der Waals surface area contributed by atoms with E-state index in [-0.39, 0.29) is 56.2 Å². The lowest BCUT2D eigenvalue weighted by atomic mass is 9.94. The van der Waals surface area contributed by atoms with Gasteiger partial charge in [0.05, 0.1) is 55.6 Å². The van der Waals surface area contributed by atoms with Gasteiger partial charge in [0.1, 0.15) is 29.7 Å². The first-order valence-corrected chi connectivity index (χ1v) is 24.2. The predicted molar refractivity (Wildman–Crippen MR) is 260 cm³/mol. The van der Waals surface area contributed by atoms with Crippen LogP contribution in [-0.2, 0) is 57.8 Å². The third-order valence-corrected chi connectivity index (χ3v) is 13.5. The third kappa shape index (κ3) is 11.4. The molecule has 4 aromatic rings. The maximum Gasteiger partial charge on any atom is 0.324 e. The molecular formula is C52H65N9O9. The zero-order valence-corrected chi connectivity index (χ0v) is 41.0. The molecule has 18 nitrogen and oxygen atoms in total. The zero-order chi connectivity index (χ0) is 49.7. The standard InChI is InChI=1S/C52H65N9O9/c1-33(2)46(57(5)49(65)36-15-19-59(29-36)45(63)12-9-17-58-20-22-69-23-21-58)48(64)55-42-26-34-24-37(27-38(62)25-34)35-13-14-40-44(28-35)60(47(54-40)39-10-7-16-53-43(39)30-68-6)31-52(3,4)32-70-51(67)41-11-8-18-61(56-41)50(42)66/h7,10,13-14,16,24-25,27-28,33,36,41-42,46,56,62H,8,11,15,17-23,26,29-32H2,1-6H3,(H,55,64)/t36-,41-,42-,46?/m0/s1. The Morgan fingerprint density at radius 2 is 1.84 bits per heavy atom. The van der Waals surface area contributed by atoms with Gasteiger partial charge in [-0.2, -0.15) is 0 Å². The molecule has 2 aromatic carbocycles. The Hall–Kier alpha value is -6.39. The summed E-state index contributed by atoms with van der Waals surface area (Å²) in [5.41, 5.74) is 7.55. The fourth-order valence-corrected chi connectivity index (χ4v) is 9.92. The number of ether oxygens (including phenoxy) is 3. The fraction of sp³-hybridized carbons (Fsp3) is 0.519. The van der Waals surface area contributed by atoms with Crippen molar-refractivity contribution in [2.24, 2.45) is 17.3 Å². The highest BCUT2D eigenvalue weighted by molar-refractivity contribution is 5.96. The second-order valence-corrected chi connectivity index (χ2v) is 20.0. The van der Waals surface area contributed by atoms with Crippen molar-refractivity contribution < 1.29 is 43.3 Å². The number of aromatic hydroxyl groups is 1. The molecule has 18 heteroatoms. The van der Waals surface area contributed by atoms with Crippen molar-refractivity contribution in [1.82, 2.24) is 45.0 Å². The molecule has 4 aliphatic heterocycles. The van der Waals surface area contributed by atoms with E-state index in [1.807, 2.05) is 64.1 Å². The maximum absolute atomic E-state index is 14.7. The maximum atomic E-state index is 14.7. The van der Waals surface area contributed by atoms with Gasteiger partial charge in [-0.15, -0.1) is 0 Å². The molecule has 372 valence electrons. The van der Waals surface area contributed by atoms with E-state index in [9.17, 15) is 29.1 Å². The Kier molecular flexibility index (Phi) is 15.5. The summed E-state index contributed by atoms with van der Waals surface area (Å²) >= 11 is 0. The number of imidazole rings is 1. The SMILES string of the molecule is COCc1ncccc1-c1nc2ccc3cc2n1CC(C)(C)COC(=O)[C@@H]1CCCN(N1)C(=O)[C@@H](NC(=O)C(C(C)C)N(C)C(=O)[C@H]1CCN(C(=O)C#CCN2CCOCC2)C1)Cc1cc(O)cc-3c1. The van der Waals surface area contributed by atoms with Crippen molar-refractivity contribution in [1.29, 1.82) is 0 Å². The van der Waals surface area contributed by atoms with Crippen molar-refractivity contribution >= 4 is 40.6 Å². The summed E-state index contributed by atoms with van der Waals surface area (Å²) in [5, 5.41) is 15.6. The molecule has 4 amide bonds. The minimum Gasteiger partial charge on any atom is -0.508 e. The van der Waals surface area contributed by atoms with Gasteiger partial charge < -0.3 is 39.0 Å². The Morgan fingerprint density at radius 3 is 2.61 bits per heavy atom. The molecule has 0 spiro atoms.